The second kappa shape index (κ2) is 6.12. The number of rotatable bonds is 6. The highest BCUT2D eigenvalue weighted by Crippen LogP contribution is 2.15. The van der Waals surface area contributed by atoms with Crippen LogP contribution in [0.5, 0.6) is 0 Å². The van der Waals surface area contributed by atoms with Crippen molar-refractivity contribution in [1.29, 1.82) is 0 Å². The monoisotopic (exact) mass is 275 g/mol. The van der Waals surface area contributed by atoms with Crippen LogP contribution in [-0.2, 0) is 10.0 Å². The molecule has 0 unspecified atom stereocenters. The summed E-state index contributed by atoms with van der Waals surface area (Å²) in [5.41, 5.74) is 5.22. The second-order valence-corrected chi connectivity index (χ2v) is 6.00. The predicted molar refractivity (Wildman–Crippen MR) is 69.2 cm³/mol. The van der Waals surface area contributed by atoms with Gasteiger partial charge in [0.05, 0.1) is 10.6 Å². The summed E-state index contributed by atoms with van der Waals surface area (Å²) in [6, 6.07) is 3.44. The molecule has 0 saturated carbocycles. The van der Waals surface area contributed by atoms with Gasteiger partial charge in [-0.1, -0.05) is 0 Å². The van der Waals surface area contributed by atoms with Gasteiger partial charge in [0.15, 0.2) is 0 Å². The SMILES string of the molecule is CN(C)CCCNS(=O)(=O)c1ccc(N)c(F)c1. The summed E-state index contributed by atoms with van der Waals surface area (Å²) in [5, 5.41) is 0. The lowest BCUT2D eigenvalue weighted by molar-refractivity contribution is 0.400. The Morgan fingerprint density at radius 2 is 2.06 bits per heavy atom. The van der Waals surface area contributed by atoms with E-state index in [4.69, 9.17) is 5.73 Å². The van der Waals surface area contributed by atoms with E-state index in [1.165, 1.54) is 12.1 Å². The summed E-state index contributed by atoms with van der Waals surface area (Å²) in [6.45, 7) is 1.09. The van der Waals surface area contributed by atoms with Gasteiger partial charge in [0.1, 0.15) is 5.82 Å². The molecule has 0 aromatic heterocycles. The van der Waals surface area contributed by atoms with Crippen LogP contribution in [0.4, 0.5) is 10.1 Å². The Kier molecular flexibility index (Phi) is 5.06. The number of anilines is 1. The number of nitrogens with two attached hydrogens (primary N) is 1. The van der Waals surface area contributed by atoms with E-state index >= 15 is 0 Å². The maximum absolute atomic E-state index is 13.2. The number of hydrogen-bond acceptors (Lipinski definition) is 4. The molecule has 1 aromatic rings. The Bertz CT molecular complexity index is 503. The van der Waals surface area contributed by atoms with Crippen molar-refractivity contribution in [3.05, 3.63) is 24.0 Å². The summed E-state index contributed by atoms with van der Waals surface area (Å²) >= 11 is 0. The molecule has 3 N–H and O–H groups in total. The van der Waals surface area contributed by atoms with Crippen molar-refractivity contribution >= 4 is 15.7 Å². The van der Waals surface area contributed by atoms with Gasteiger partial charge in [-0.15, -0.1) is 0 Å². The lowest BCUT2D eigenvalue weighted by Crippen LogP contribution is -2.27. The third-order valence-corrected chi connectivity index (χ3v) is 3.82. The molecule has 7 heteroatoms. The fourth-order valence-electron chi connectivity index (χ4n) is 1.36. The number of hydrogen-bond donors (Lipinski definition) is 2. The van der Waals surface area contributed by atoms with E-state index in [0.29, 0.717) is 13.0 Å². The van der Waals surface area contributed by atoms with Crippen LogP contribution >= 0.6 is 0 Å². The molecule has 5 nitrogen and oxygen atoms in total. The smallest absolute Gasteiger partial charge is 0.240 e. The van der Waals surface area contributed by atoms with Crippen LogP contribution in [0.15, 0.2) is 23.1 Å². The molecule has 0 heterocycles. The highest BCUT2D eigenvalue weighted by molar-refractivity contribution is 7.89. The minimum Gasteiger partial charge on any atom is -0.396 e. The molecule has 0 aliphatic heterocycles. The average Bonchev–Trinajstić information content (AvgIpc) is 2.28. The molecule has 0 radical (unpaired) electrons. The summed E-state index contributed by atoms with van der Waals surface area (Å²) in [6.07, 6.45) is 0.684. The first-order chi connectivity index (χ1) is 8.33. The fraction of sp³-hybridized carbons (Fsp3) is 0.455. The van der Waals surface area contributed by atoms with E-state index in [1.54, 1.807) is 0 Å². The van der Waals surface area contributed by atoms with Gasteiger partial charge in [0, 0.05) is 6.54 Å². The lowest BCUT2D eigenvalue weighted by atomic mass is 10.3. The van der Waals surface area contributed by atoms with Crippen LogP contribution in [0.2, 0.25) is 0 Å². The molecule has 0 fully saturated rings. The number of nitrogen functional groups attached to an aromatic ring is 1. The summed E-state index contributed by atoms with van der Waals surface area (Å²) in [5.74, 6) is -0.730. The standard InChI is InChI=1S/C11H18FN3O2S/c1-15(2)7-3-6-14-18(16,17)9-4-5-11(13)10(12)8-9/h4-5,8,14H,3,6-7,13H2,1-2H3. The average molecular weight is 275 g/mol. The molecule has 0 atom stereocenters. The summed E-state index contributed by atoms with van der Waals surface area (Å²) < 4.78 is 39.2. The zero-order valence-electron chi connectivity index (χ0n) is 10.5. The highest BCUT2D eigenvalue weighted by Gasteiger charge is 2.14. The van der Waals surface area contributed by atoms with E-state index in [-0.39, 0.29) is 10.6 Å². The van der Waals surface area contributed by atoms with Gasteiger partial charge in [-0.05, 0) is 45.3 Å². The Morgan fingerprint density at radius 3 is 2.61 bits per heavy atom. The van der Waals surface area contributed by atoms with E-state index in [2.05, 4.69) is 4.72 Å². The van der Waals surface area contributed by atoms with Crippen LogP contribution in [0, 0.1) is 5.82 Å². The van der Waals surface area contributed by atoms with E-state index in [0.717, 1.165) is 12.6 Å². The predicted octanol–water partition coefficient (Wildman–Crippen LogP) is 0.638. The van der Waals surface area contributed by atoms with Gasteiger partial charge >= 0.3 is 0 Å². The van der Waals surface area contributed by atoms with Gasteiger partial charge in [-0.25, -0.2) is 17.5 Å². The third kappa shape index (κ3) is 4.25. The molecule has 0 bridgehead atoms. The van der Waals surface area contributed by atoms with Gasteiger partial charge < -0.3 is 10.6 Å². The maximum Gasteiger partial charge on any atom is 0.240 e. The van der Waals surface area contributed by atoms with Crippen LogP contribution in [-0.4, -0.2) is 40.5 Å². The van der Waals surface area contributed by atoms with Crippen LogP contribution in [0.25, 0.3) is 0 Å². The topological polar surface area (TPSA) is 75.4 Å². The van der Waals surface area contributed by atoms with E-state index in [1.807, 2.05) is 19.0 Å². The first kappa shape index (κ1) is 14.9. The van der Waals surface area contributed by atoms with Gasteiger partial charge in [0.25, 0.3) is 0 Å². The minimum absolute atomic E-state index is 0.0680. The third-order valence-electron chi connectivity index (χ3n) is 2.36. The zero-order chi connectivity index (χ0) is 13.8. The number of sulfonamides is 1. The molecular weight excluding hydrogens is 257 g/mol. The van der Waals surface area contributed by atoms with Crippen molar-refractivity contribution in [3.8, 4) is 0 Å². The summed E-state index contributed by atoms with van der Waals surface area (Å²) in [4.78, 5) is 1.84. The molecule has 0 amide bonds. The van der Waals surface area contributed by atoms with Crippen molar-refractivity contribution in [3.63, 3.8) is 0 Å². The van der Waals surface area contributed by atoms with E-state index < -0.39 is 15.8 Å². The normalized spacial score (nSPS) is 12.0. The molecule has 1 aromatic carbocycles. The Hall–Kier alpha value is -1.18. The molecule has 0 spiro atoms. The first-order valence-corrected chi connectivity index (χ1v) is 7.00. The zero-order valence-corrected chi connectivity index (χ0v) is 11.3. The van der Waals surface area contributed by atoms with Crippen molar-refractivity contribution in [2.24, 2.45) is 0 Å². The van der Waals surface area contributed by atoms with Crippen LogP contribution in [0.3, 0.4) is 0 Å². The number of halogens is 1. The molecular formula is C11H18FN3O2S. The Morgan fingerprint density at radius 1 is 1.39 bits per heavy atom. The van der Waals surface area contributed by atoms with Gasteiger partial charge in [-0.3, -0.25) is 0 Å². The van der Waals surface area contributed by atoms with Crippen molar-refractivity contribution in [2.75, 3.05) is 32.9 Å². The fourth-order valence-corrected chi connectivity index (χ4v) is 2.45. The summed E-state index contributed by atoms with van der Waals surface area (Å²) in [7, 11) is 0.152. The lowest BCUT2D eigenvalue weighted by Gasteiger charge is -2.10. The van der Waals surface area contributed by atoms with E-state index in [9.17, 15) is 12.8 Å². The molecule has 1 rings (SSSR count). The van der Waals surface area contributed by atoms with Gasteiger partial charge in [0.2, 0.25) is 10.0 Å². The number of nitrogens with zero attached hydrogens (tertiary/aromatic N) is 1. The molecule has 0 aliphatic rings. The quantitative estimate of drug-likeness (QED) is 0.590. The Balaban J connectivity index is 2.66. The molecule has 0 aliphatic carbocycles. The highest BCUT2D eigenvalue weighted by atomic mass is 32.2. The van der Waals surface area contributed by atoms with Crippen molar-refractivity contribution in [2.45, 2.75) is 11.3 Å². The molecule has 18 heavy (non-hydrogen) atoms. The largest absolute Gasteiger partial charge is 0.396 e. The Labute approximate surface area is 107 Å². The molecule has 0 saturated heterocycles. The maximum atomic E-state index is 13.2. The van der Waals surface area contributed by atoms with Crippen molar-refractivity contribution in [1.82, 2.24) is 9.62 Å². The van der Waals surface area contributed by atoms with Gasteiger partial charge in [-0.2, -0.15) is 0 Å². The molecule has 102 valence electrons. The first-order valence-electron chi connectivity index (χ1n) is 5.52. The number of benzene rings is 1. The number of nitrogens with one attached hydrogen (secondary N) is 1. The van der Waals surface area contributed by atoms with Crippen LogP contribution in [0.1, 0.15) is 6.42 Å². The van der Waals surface area contributed by atoms with Crippen molar-refractivity contribution < 1.29 is 12.8 Å². The van der Waals surface area contributed by atoms with Crippen LogP contribution < -0.4 is 10.5 Å². The minimum atomic E-state index is -3.66. The second-order valence-electron chi connectivity index (χ2n) is 4.24.